The van der Waals surface area contributed by atoms with E-state index in [1.165, 1.54) is 21.1 Å². The average molecular weight is 966 g/mol. The Balaban J connectivity index is 1.22. The normalized spacial score (nSPS) is 32.1. The molecular formula is C54H65F2N5O9. The van der Waals surface area contributed by atoms with E-state index in [0.29, 0.717) is 74.7 Å². The molecule has 1 aromatic heterocycles. The predicted octanol–water partition coefficient (Wildman–Crippen LogP) is 6.74. The summed E-state index contributed by atoms with van der Waals surface area (Å²) in [7, 11) is 7.59. The fourth-order valence-electron chi connectivity index (χ4n) is 14.5. The maximum absolute atomic E-state index is 15.6. The molecule has 6 heterocycles. The van der Waals surface area contributed by atoms with Gasteiger partial charge in [0.25, 0.3) is 0 Å². The van der Waals surface area contributed by atoms with Crippen LogP contribution in [0.1, 0.15) is 74.4 Å². The summed E-state index contributed by atoms with van der Waals surface area (Å²) in [6, 6.07) is 16.4. The Labute approximate surface area is 407 Å². The van der Waals surface area contributed by atoms with E-state index in [1.54, 1.807) is 14.2 Å². The fraction of sp³-hybridized carbons (Fsp3) is 0.537. The van der Waals surface area contributed by atoms with Crippen molar-refractivity contribution in [1.29, 1.82) is 0 Å². The highest BCUT2D eigenvalue weighted by Gasteiger charge is 2.80. The van der Waals surface area contributed by atoms with Crippen LogP contribution in [0.5, 0.6) is 11.5 Å². The molecule has 3 aromatic carbocycles. The number of carbonyl (C=O) groups is 3. The lowest BCUT2D eigenvalue weighted by Crippen LogP contribution is -2.81. The fourth-order valence-corrected chi connectivity index (χ4v) is 14.5. The third-order valence-corrected chi connectivity index (χ3v) is 17.3. The number of aliphatic hydroxyl groups is 1. The van der Waals surface area contributed by atoms with Gasteiger partial charge in [0.2, 0.25) is 11.5 Å². The third-order valence-electron chi connectivity index (χ3n) is 17.3. The van der Waals surface area contributed by atoms with Crippen molar-refractivity contribution in [2.45, 2.75) is 100.0 Å². The maximum Gasteiger partial charge on any atom is 0.344 e. The van der Waals surface area contributed by atoms with E-state index >= 15 is 13.6 Å². The van der Waals surface area contributed by atoms with Gasteiger partial charge < -0.3 is 48.9 Å². The Bertz CT molecular complexity index is 2760. The van der Waals surface area contributed by atoms with Crippen molar-refractivity contribution in [3.63, 3.8) is 0 Å². The first-order valence-electron chi connectivity index (χ1n) is 24.5. The summed E-state index contributed by atoms with van der Waals surface area (Å²) in [5.74, 6) is -5.32. The molecule has 4 aromatic rings. The van der Waals surface area contributed by atoms with Gasteiger partial charge in [0.1, 0.15) is 16.9 Å². The van der Waals surface area contributed by atoms with Gasteiger partial charge in [-0.15, -0.1) is 0 Å². The van der Waals surface area contributed by atoms with E-state index in [0.717, 1.165) is 46.0 Å². The molecule has 1 saturated carbocycles. The van der Waals surface area contributed by atoms with Crippen LogP contribution >= 0.6 is 0 Å². The first kappa shape index (κ1) is 47.9. The molecule has 3 N–H and O–H groups in total. The highest BCUT2D eigenvalue weighted by molar-refractivity contribution is 5.95. The molecule has 70 heavy (non-hydrogen) atoms. The summed E-state index contributed by atoms with van der Waals surface area (Å²) in [5.41, 5.74) is 0.0912. The van der Waals surface area contributed by atoms with Gasteiger partial charge in [0.15, 0.2) is 6.10 Å². The van der Waals surface area contributed by atoms with Crippen LogP contribution in [0.4, 0.5) is 20.2 Å². The minimum Gasteiger partial charge on any atom is -0.497 e. The molecule has 2 bridgehead atoms. The quantitative estimate of drug-likeness (QED) is 0.0827. The highest BCUT2D eigenvalue weighted by atomic mass is 19.3. The molecule has 3 fully saturated rings. The largest absolute Gasteiger partial charge is 0.497 e. The number of benzene rings is 3. The predicted molar refractivity (Wildman–Crippen MR) is 260 cm³/mol. The molecule has 1 aliphatic carbocycles. The Kier molecular flexibility index (Phi) is 11.8. The van der Waals surface area contributed by atoms with E-state index in [2.05, 4.69) is 26.2 Å². The molecule has 0 radical (unpaired) electrons. The lowest BCUT2D eigenvalue weighted by Gasteiger charge is -2.63. The number of nitrogens with zero attached hydrogens (tertiary/aromatic N) is 3. The smallest absolute Gasteiger partial charge is 0.344 e. The van der Waals surface area contributed by atoms with Crippen LogP contribution in [0.15, 0.2) is 66.7 Å². The van der Waals surface area contributed by atoms with E-state index < -0.39 is 63.7 Å². The summed E-state index contributed by atoms with van der Waals surface area (Å²) in [6.07, 6.45) is 4.37. The second-order valence-corrected chi connectivity index (χ2v) is 20.8. The van der Waals surface area contributed by atoms with Gasteiger partial charge >= 0.3 is 17.9 Å². The van der Waals surface area contributed by atoms with Crippen LogP contribution in [0, 0.1) is 17.3 Å². The molecule has 6 unspecified atom stereocenters. The zero-order chi connectivity index (χ0) is 49.7. The van der Waals surface area contributed by atoms with Gasteiger partial charge in [0.05, 0.1) is 34.5 Å². The van der Waals surface area contributed by atoms with Gasteiger partial charge in [-0.1, -0.05) is 25.1 Å². The lowest BCUT2D eigenvalue weighted by molar-refractivity contribution is -0.228. The van der Waals surface area contributed by atoms with Crippen LogP contribution in [0.3, 0.4) is 0 Å². The van der Waals surface area contributed by atoms with E-state index in [1.807, 2.05) is 79.6 Å². The molecule has 2 saturated heterocycles. The number of H-pyrrole nitrogens is 1. The van der Waals surface area contributed by atoms with Crippen LogP contribution < -0.4 is 19.7 Å². The van der Waals surface area contributed by atoms with E-state index in [9.17, 15) is 14.7 Å². The Morgan fingerprint density at radius 1 is 0.943 bits per heavy atom. The van der Waals surface area contributed by atoms with Gasteiger partial charge in [0, 0.05) is 109 Å². The number of alkyl halides is 2. The first-order chi connectivity index (χ1) is 33.4. The van der Waals surface area contributed by atoms with Crippen molar-refractivity contribution in [2.75, 3.05) is 78.4 Å². The number of carbonyl (C=O) groups excluding carboxylic acids is 3. The van der Waals surface area contributed by atoms with E-state index in [-0.39, 0.29) is 31.3 Å². The van der Waals surface area contributed by atoms with Crippen LogP contribution in [-0.4, -0.2) is 136 Å². The number of methoxy groups -OCH3 is 4. The number of hydrogen-bond donors (Lipinski definition) is 3. The Hall–Kier alpha value is -5.71. The standard InChI is InChI=1S/C54H65F2N5O9/c1-9-51-18-10-20-61-22-19-52(45(51)61)39-25-40(43(67-6)26-42(39)59(4)46(52)54(65,49(64)69-8)47(51)70-31(2)62)53(48(63)68-7)27-33-23-34(50(3,55)56)30-60(29-33)21-17-37-38-24-32(11-16-41(38)58-44(37)53)28-57-35-12-14-36(66-5)15-13-35/h10-16,18,24-26,33-34,45-47,57-58,65H,9,17,19-23,27-30H2,1-8H3/t33?,34?,45?,46?,47-,51-,52?,53-,54+/m0/s1. The number of aromatic nitrogens is 1. The topological polar surface area (TPSA) is 155 Å². The molecule has 16 heteroatoms. The maximum atomic E-state index is 15.6. The number of rotatable bonds is 11. The summed E-state index contributed by atoms with van der Waals surface area (Å²) >= 11 is 0. The lowest BCUT2D eigenvalue weighted by atomic mass is 9.47. The molecule has 374 valence electrons. The van der Waals surface area contributed by atoms with E-state index in [4.69, 9.17) is 23.7 Å². The summed E-state index contributed by atoms with van der Waals surface area (Å²) < 4.78 is 60.6. The second-order valence-electron chi connectivity index (χ2n) is 20.8. The number of anilines is 2. The number of esters is 3. The van der Waals surface area contributed by atoms with Crippen molar-refractivity contribution < 1.29 is 52.0 Å². The first-order valence-corrected chi connectivity index (χ1v) is 24.5. The van der Waals surface area contributed by atoms with Gasteiger partial charge in [-0.05, 0) is 111 Å². The number of aromatic amines is 1. The number of hydrogen-bond acceptors (Lipinski definition) is 13. The van der Waals surface area contributed by atoms with Crippen LogP contribution in [0.25, 0.3) is 10.9 Å². The zero-order valence-electron chi connectivity index (χ0n) is 41.3. The minimum atomic E-state index is -2.97. The van der Waals surface area contributed by atoms with Crippen molar-refractivity contribution in [2.24, 2.45) is 17.3 Å². The SMILES string of the molecule is CC[C@@]12C=CCN3CCC4(c5cc([C@@]6(C(=O)OC)CC7CC(C(C)(F)F)CN(CCc8c6[nH]c6ccc(CNc9ccc(OC)cc9)cc86)C7)c(OC)cc5N(C)C4[C@](O)(C(=O)OC)[C@H]1OC(C)=O)C32. The molecule has 5 aliphatic heterocycles. The van der Waals surface area contributed by atoms with Crippen LogP contribution in [0.2, 0.25) is 0 Å². The summed E-state index contributed by atoms with van der Waals surface area (Å²) in [4.78, 5) is 53.4. The van der Waals surface area contributed by atoms with Crippen molar-refractivity contribution >= 4 is 40.2 Å². The number of ether oxygens (including phenoxy) is 5. The number of likely N-dealkylation sites (N-methyl/N-ethyl adjacent to an activating group) is 1. The van der Waals surface area contributed by atoms with Gasteiger partial charge in [-0.2, -0.15) is 0 Å². The molecule has 6 aliphatic rings. The van der Waals surface area contributed by atoms with Gasteiger partial charge in [-0.25, -0.2) is 13.6 Å². The Morgan fingerprint density at radius 2 is 1.70 bits per heavy atom. The third kappa shape index (κ3) is 6.89. The summed E-state index contributed by atoms with van der Waals surface area (Å²) in [6.45, 7) is 7.16. The second kappa shape index (κ2) is 17.3. The van der Waals surface area contributed by atoms with Gasteiger partial charge in [-0.3, -0.25) is 14.5 Å². The minimum absolute atomic E-state index is 0.119. The Morgan fingerprint density at radius 3 is 2.37 bits per heavy atom. The molecule has 14 nitrogen and oxygen atoms in total. The number of halogens is 2. The average Bonchev–Trinajstić information content (AvgIpc) is 4.01. The van der Waals surface area contributed by atoms with Crippen molar-refractivity contribution in [3.05, 3.63) is 94.7 Å². The zero-order valence-corrected chi connectivity index (χ0v) is 41.3. The number of piperidine rings is 1. The molecule has 1 spiro atoms. The van der Waals surface area contributed by atoms with Crippen molar-refractivity contribution in [1.82, 2.24) is 14.8 Å². The van der Waals surface area contributed by atoms with Crippen LogP contribution in [-0.2, 0) is 52.4 Å². The number of fused-ring (bicyclic) bond motifs is 6. The molecule has 10 rings (SSSR count). The molecule has 10 atom stereocenters. The number of nitrogens with one attached hydrogen (secondary N) is 2. The highest BCUT2D eigenvalue weighted by Crippen LogP contribution is 2.68. The molecule has 0 amide bonds. The monoisotopic (exact) mass is 965 g/mol. The van der Waals surface area contributed by atoms with Crippen molar-refractivity contribution in [3.8, 4) is 11.5 Å². The summed E-state index contributed by atoms with van der Waals surface area (Å²) in [5, 5.41) is 17.9. The molecular weight excluding hydrogens is 901 g/mol.